The van der Waals surface area contributed by atoms with Gasteiger partial charge >= 0.3 is 5.97 Å². The second-order valence-electron chi connectivity index (χ2n) is 4.77. The summed E-state index contributed by atoms with van der Waals surface area (Å²) in [5.74, 6) is -0.500. The molecule has 5 heteroatoms. The Morgan fingerprint density at radius 1 is 1.61 bits per heavy atom. The van der Waals surface area contributed by atoms with Crippen LogP contribution in [0.1, 0.15) is 18.1 Å². The number of nitrogens with zero attached hydrogens (tertiary/aromatic N) is 3. The normalized spacial score (nSPS) is 22.8. The molecule has 1 saturated heterocycles. The van der Waals surface area contributed by atoms with Gasteiger partial charge in [-0.2, -0.15) is 5.26 Å². The number of pyridine rings is 1. The summed E-state index contributed by atoms with van der Waals surface area (Å²) < 4.78 is 0. The van der Waals surface area contributed by atoms with Gasteiger partial charge in [-0.05, 0) is 24.5 Å². The maximum atomic E-state index is 11.1. The van der Waals surface area contributed by atoms with Crippen LogP contribution >= 0.6 is 0 Å². The van der Waals surface area contributed by atoms with E-state index in [1.54, 1.807) is 12.3 Å². The highest BCUT2D eigenvalue weighted by atomic mass is 16.4. The molecule has 1 fully saturated rings. The van der Waals surface area contributed by atoms with Gasteiger partial charge in [0.25, 0.3) is 0 Å². The van der Waals surface area contributed by atoms with Gasteiger partial charge in [-0.25, -0.2) is 4.98 Å². The number of anilines is 1. The Bertz CT molecular complexity index is 521. The number of hydrogen-bond acceptors (Lipinski definition) is 4. The average molecular weight is 245 g/mol. The summed E-state index contributed by atoms with van der Waals surface area (Å²) in [6.45, 7) is 4.82. The molecule has 2 heterocycles. The summed E-state index contributed by atoms with van der Waals surface area (Å²) in [7, 11) is 0. The van der Waals surface area contributed by atoms with Crippen LogP contribution in [0, 0.1) is 30.1 Å². The third-order valence-electron chi connectivity index (χ3n) is 3.48. The smallest absolute Gasteiger partial charge is 0.308 e. The number of carboxylic acids is 1. The molecule has 0 spiro atoms. The van der Waals surface area contributed by atoms with Crippen LogP contribution in [-0.2, 0) is 4.79 Å². The summed E-state index contributed by atoms with van der Waals surface area (Å²) in [5.41, 5.74) is 1.41. The van der Waals surface area contributed by atoms with Crippen molar-refractivity contribution < 1.29 is 9.90 Å². The molecule has 1 aliphatic rings. The number of carboxylic acid groups (broad SMARTS) is 1. The molecular weight excluding hydrogens is 230 g/mol. The predicted octanol–water partition coefficient (Wildman–Crippen LogP) is 1.42. The maximum Gasteiger partial charge on any atom is 0.308 e. The number of hydrogen-bond donors (Lipinski definition) is 1. The minimum Gasteiger partial charge on any atom is -0.481 e. The lowest BCUT2D eigenvalue weighted by molar-refractivity contribution is -0.142. The summed E-state index contributed by atoms with van der Waals surface area (Å²) in [6.07, 6.45) is 1.66. The maximum absolute atomic E-state index is 11.1. The van der Waals surface area contributed by atoms with Gasteiger partial charge in [-0.15, -0.1) is 0 Å². The fourth-order valence-electron chi connectivity index (χ4n) is 2.38. The Morgan fingerprint density at radius 2 is 2.33 bits per heavy atom. The van der Waals surface area contributed by atoms with Gasteiger partial charge in [0.15, 0.2) is 0 Å². The van der Waals surface area contributed by atoms with Gasteiger partial charge in [-0.1, -0.05) is 6.92 Å². The van der Waals surface area contributed by atoms with Gasteiger partial charge in [0.05, 0.1) is 11.5 Å². The Hall–Kier alpha value is -2.09. The summed E-state index contributed by atoms with van der Waals surface area (Å²) in [5, 5.41) is 18.3. The average Bonchev–Trinajstić information content (AvgIpc) is 2.71. The van der Waals surface area contributed by atoms with Gasteiger partial charge in [0.2, 0.25) is 0 Å². The first kappa shape index (κ1) is 12.4. The molecule has 2 atom stereocenters. The zero-order valence-corrected chi connectivity index (χ0v) is 10.4. The van der Waals surface area contributed by atoms with Crippen LogP contribution in [0.5, 0.6) is 0 Å². The monoisotopic (exact) mass is 245 g/mol. The van der Waals surface area contributed by atoms with E-state index in [1.807, 2.05) is 18.7 Å². The van der Waals surface area contributed by atoms with E-state index in [-0.39, 0.29) is 11.8 Å². The molecule has 0 bridgehead atoms. The summed E-state index contributed by atoms with van der Waals surface area (Å²) >= 11 is 0. The lowest BCUT2D eigenvalue weighted by atomic mass is 9.99. The van der Waals surface area contributed by atoms with E-state index >= 15 is 0 Å². The van der Waals surface area contributed by atoms with Crippen LogP contribution in [0.2, 0.25) is 0 Å². The molecule has 1 aromatic rings. The minimum atomic E-state index is -0.781. The SMILES string of the molecule is Cc1ccnc(N2CC(C)C(C(=O)O)C2)c1C#N. The van der Waals surface area contributed by atoms with Crippen LogP contribution in [0.4, 0.5) is 5.82 Å². The van der Waals surface area contributed by atoms with Gasteiger partial charge in [-0.3, -0.25) is 4.79 Å². The molecule has 18 heavy (non-hydrogen) atoms. The van der Waals surface area contributed by atoms with Crippen molar-refractivity contribution in [2.45, 2.75) is 13.8 Å². The van der Waals surface area contributed by atoms with Crippen molar-refractivity contribution in [3.05, 3.63) is 23.4 Å². The lowest BCUT2D eigenvalue weighted by Crippen LogP contribution is -2.24. The molecule has 0 radical (unpaired) electrons. The van der Waals surface area contributed by atoms with E-state index in [4.69, 9.17) is 10.4 Å². The fraction of sp³-hybridized carbons (Fsp3) is 0.462. The van der Waals surface area contributed by atoms with Crippen molar-refractivity contribution >= 4 is 11.8 Å². The largest absolute Gasteiger partial charge is 0.481 e. The number of aliphatic carboxylic acids is 1. The lowest BCUT2D eigenvalue weighted by Gasteiger charge is -2.18. The zero-order chi connectivity index (χ0) is 13.3. The number of aryl methyl sites for hydroxylation is 1. The van der Waals surface area contributed by atoms with E-state index in [2.05, 4.69) is 11.1 Å². The quantitative estimate of drug-likeness (QED) is 0.852. The summed E-state index contributed by atoms with van der Waals surface area (Å²) in [6, 6.07) is 3.94. The topological polar surface area (TPSA) is 77.2 Å². The van der Waals surface area contributed by atoms with Gasteiger partial charge < -0.3 is 10.0 Å². The molecule has 0 aromatic carbocycles. The van der Waals surface area contributed by atoms with E-state index in [0.717, 1.165) is 5.56 Å². The number of nitriles is 1. The Morgan fingerprint density at radius 3 is 2.89 bits per heavy atom. The third-order valence-corrected chi connectivity index (χ3v) is 3.48. The van der Waals surface area contributed by atoms with Gasteiger partial charge in [0.1, 0.15) is 11.9 Å². The molecule has 0 amide bonds. The first-order valence-corrected chi connectivity index (χ1v) is 5.88. The Balaban J connectivity index is 2.33. The molecule has 94 valence electrons. The second-order valence-corrected chi connectivity index (χ2v) is 4.77. The van der Waals surface area contributed by atoms with E-state index in [9.17, 15) is 4.79 Å². The van der Waals surface area contributed by atoms with E-state index in [1.165, 1.54) is 0 Å². The van der Waals surface area contributed by atoms with Crippen LogP contribution in [-0.4, -0.2) is 29.1 Å². The molecule has 1 aromatic heterocycles. The standard InChI is InChI=1S/C13H15N3O2/c1-8-3-4-15-12(10(8)5-14)16-6-9(2)11(7-16)13(17)18/h3-4,9,11H,6-7H2,1-2H3,(H,17,18). The van der Waals surface area contributed by atoms with Crippen molar-refractivity contribution in [1.29, 1.82) is 5.26 Å². The van der Waals surface area contributed by atoms with E-state index in [0.29, 0.717) is 24.5 Å². The molecule has 0 saturated carbocycles. The molecule has 1 aliphatic heterocycles. The van der Waals surface area contributed by atoms with Crippen LogP contribution < -0.4 is 4.90 Å². The van der Waals surface area contributed by atoms with Crippen molar-refractivity contribution in [2.75, 3.05) is 18.0 Å². The Kier molecular flexibility index (Phi) is 3.19. The van der Waals surface area contributed by atoms with Gasteiger partial charge in [0, 0.05) is 19.3 Å². The summed E-state index contributed by atoms with van der Waals surface area (Å²) in [4.78, 5) is 17.2. The van der Waals surface area contributed by atoms with Crippen LogP contribution in [0.3, 0.4) is 0 Å². The molecule has 2 rings (SSSR count). The predicted molar refractivity (Wildman–Crippen MR) is 66.2 cm³/mol. The van der Waals surface area contributed by atoms with Crippen LogP contribution in [0.15, 0.2) is 12.3 Å². The Labute approximate surface area is 106 Å². The van der Waals surface area contributed by atoms with Crippen molar-refractivity contribution in [3.8, 4) is 6.07 Å². The van der Waals surface area contributed by atoms with Crippen molar-refractivity contribution in [3.63, 3.8) is 0 Å². The number of aromatic nitrogens is 1. The third kappa shape index (κ3) is 2.02. The first-order valence-electron chi connectivity index (χ1n) is 5.88. The highest BCUT2D eigenvalue weighted by molar-refractivity contribution is 5.73. The molecule has 2 unspecified atom stereocenters. The highest BCUT2D eigenvalue weighted by Gasteiger charge is 2.36. The van der Waals surface area contributed by atoms with E-state index < -0.39 is 5.97 Å². The first-order chi connectivity index (χ1) is 8.54. The van der Waals surface area contributed by atoms with Crippen molar-refractivity contribution in [1.82, 2.24) is 4.98 Å². The zero-order valence-electron chi connectivity index (χ0n) is 10.4. The van der Waals surface area contributed by atoms with Crippen molar-refractivity contribution in [2.24, 2.45) is 11.8 Å². The highest BCUT2D eigenvalue weighted by Crippen LogP contribution is 2.29. The minimum absolute atomic E-state index is 0.0661. The molecule has 5 nitrogen and oxygen atoms in total. The fourth-order valence-corrected chi connectivity index (χ4v) is 2.38. The molecular formula is C13H15N3O2. The molecule has 0 aliphatic carbocycles. The van der Waals surface area contributed by atoms with Crippen LogP contribution in [0.25, 0.3) is 0 Å². The molecule has 1 N–H and O–H groups in total. The second kappa shape index (κ2) is 4.65. The number of carbonyl (C=O) groups is 1. The number of rotatable bonds is 2.